The highest BCUT2D eigenvalue weighted by atomic mass is 16.3. The fourth-order valence-corrected chi connectivity index (χ4v) is 3.14. The third-order valence-electron chi connectivity index (χ3n) is 4.73. The van der Waals surface area contributed by atoms with Crippen molar-refractivity contribution < 1.29 is 5.11 Å². The Morgan fingerprint density at radius 3 is 2.10 bits per heavy atom. The number of rotatable bonds is 8. The normalized spacial score (nSPS) is 21.4. The molecular weight excluding hydrogens is 262 g/mol. The van der Waals surface area contributed by atoms with Gasteiger partial charge in [-0.15, -0.1) is 0 Å². The summed E-state index contributed by atoms with van der Waals surface area (Å²) in [5.74, 6) is 0. The molecule has 1 atom stereocenters. The smallest absolute Gasteiger partial charge is 0.0610 e. The van der Waals surface area contributed by atoms with Crippen LogP contribution in [0, 0.1) is 0 Å². The molecule has 1 rings (SSSR count). The van der Waals surface area contributed by atoms with Crippen molar-refractivity contribution in [2.45, 2.75) is 65.0 Å². The summed E-state index contributed by atoms with van der Waals surface area (Å²) >= 11 is 0. The molecular formula is C17H37N3O. The van der Waals surface area contributed by atoms with Crippen LogP contribution in [0.5, 0.6) is 0 Å². The minimum atomic E-state index is -0.0975. The Labute approximate surface area is 131 Å². The Morgan fingerprint density at radius 1 is 1.00 bits per heavy atom. The zero-order valence-corrected chi connectivity index (χ0v) is 14.9. The van der Waals surface area contributed by atoms with Crippen molar-refractivity contribution in [1.82, 2.24) is 15.1 Å². The Balaban J connectivity index is 2.17. The molecule has 0 radical (unpaired) electrons. The molecule has 21 heavy (non-hydrogen) atoms. The van der Waals surface area contributed by atoms with Gasteiger partial charge in [0.1, 0.15) is 0 Å². The predicted octanol–water partition coefficient (Wildman–Crippen LogP) is 1.93. The van der Waals surface area contributed by atoms with E-state index in [1.54, 1.807) is 0 Å². The average Bonchev–Trinajstić information content (AvgIpc) is 2.43. The van der Waals surface area contributed by atoms with Crippen molar-refractivity contribution in [3.8, 4) is 0 Å². The molecule has 0 bridgehead atoms. The minimum absolute atomic E-state index is 0.0975. The standard InChI is InChI=1S/C17H37N3O/c1-6-18-17(5,15-21)9-7-8-10-19-11-13-20(14-12-19)16(2,3)4/h18,21H,6-15H2,1-5H3. The lowest BCUT2D eigenvalue weighted by Crippen LogP contribution is -2.53. The van der Waals surface area contributed by atoms with Gasteiger partial charge < -0.3 is 15.3 Å². The molecule has 126 valence electrons. The second-order valence-electron chi connectivity index (χ2n) is 7.71. The van der Waals surface area contributed by atoms with Gasteiger partial charge in [-0.1, -0.05) is 13.3 Å². The molecule has 1 fully saturated rings. The lowest BCUT2D eigenvalue weighted by Gasteiger charge is -2.42. The molecule has 0 aromatic carbocycles. The first-order valence-corrected chi connectivity index (χ1v) is 8.64. The molecule has 1 saturated heterocycles. The third-order valence-corrected chi connectivity index (χ3v) is 4.73. The lowest BCUT2D eigenvalue weighted by atomic mass is 9.95. The third kappa shape index (κ3) is 6.64. The first-order valence-electron chi connectivity index (χ1n) is 8.64. The van der Waals surface area contributed by atoms with E-state index < -0.39 is 0 Å². The number of hydrogen-bond donors (Lipinski definition) is 2. The van der Waals surface area contributed by atoms with E-state index in [0.29, 0.717) is 5.54 Å². The first-order chi connectivity index (χ1) is 9.80. The van der Waals surface area contributed by atoms with Gasteiger partial charge in [-0.05, 0) is 53.6 Å². The molecule has 1 unspecified atom stereocenters. The Morgan fingerprint density at radius 2 is 1.62 bits per heavy atom. The molecule has 2 N–H and O–H groups in total. The van der Waals surface area contributed by atoms with Crippen molar-refractivity contribution in [1.29, 1.82) is 0 Å². The van der Waals surface area contributed by atoms with Gasteiger partial charge in [0.2, 0.25) is 0 Å². The number of nitrogens with one attached hydrogen (secondary N) is 1. The van der Waals surface area contributed by atoms with E-state index in [-0.39, 0.29) is 12.1 Å². The van der Waals surface area contributed by atoms with Gasteiger partial charge in [0.05, 0.1) is 6.61 Å². The van der Waals surface area contributed by atoms with Crippen LogP contribution in [-0.2, 0) is 0 Å². The molecule has 1 aliphatic rings. The highest BCUT2D eigenvalue weighted by Gasteiger charge is 2.25. The summed E-state index contributed by atoms with van der Waals surface area (Å²) in [5, 5.41) is 12.9. The number of nitrogens with zero attached hydrogens (tertiary/aromatic N) is 2. The predicted molar refractivity (Wildman–Crippen MR) is 90.8 cm³/mol. The fraction of sp³-hybridized carbons (Fsp3) is 1.00. The quantitative estimate of drug-likeness (QED) is 0.672. The van der Waals surface area contributed by atoms with E-state index in [2.05, 4.69) is 49.7 Å². The molecule has 0 aromatic heterocycles. The minimum Gasteiger partial charge on any atom is -0.394 e. The van der Waals surface area contributed by atoms with E-state index in [1.165, 1.54) is 45.6 Å². The van der Waals surface area contributed by atoms with Crippen molar-refractivity contribution in [3.63, 3.8) is 0 Å². The molecule has 0 aromatic rings. The summed E-state index contributed by atoms with van der Waals surface area (Å²) in [6, 6.07) is 0. The number of aliphatic hydroxyl groups excluding tert-OH is 1. The largest absolute Gasteiger partial charge is 0.394 e. The van der Waals surface area contributed by atoms with Gasteiger partial charge in [-0.25, -0.2) is 0 Å². The summed E-state index contributed by atoms with van der Waals surface area (Å²) < 4.78 is 0. The zero-order chi connectivity index (χ0) is 15.9. The molecule has 4 nitrogen and oxygen atoms in total. The highest BCUT2D eigenvalue weighted by molar-refractivity contribution is 4.83. The number of hydrogen-bond acceptors (Lipinski definition) is 4. The van der Waals surface area contributed by atoms with Gasteiger partial charge in [-0.2, -0.15) is 0 Å². The van der Waals surface area contributed by atoms with Crippen LogP contribution in [0.25, 0.3) is 0 Å². The maximum atomic E-state index is 9.49. The van der Waals surface area contributed by atoms with E-state index in [4.69, 9.17) is 0 Å². The highest BCUT2D eigenvalue weighted by Crippen LogP contribution is 2.17. The van der Waals surface area contributed by atoms with Crippen LogP contribution in [0.3, 0.4) is 0 Å². The van der Waals surface area contributed by atoms with Crippen LogP contribution >= 0.6 is 0 Å². The molecule has 0 amide bonds. The van der Waals surface area contributed by atoms with Crippen molar-refractivity contribution >= 4 is 0 Å². The molecule has 1 aliphatic heterocycles. The van der Waals surface area contributed by atoms with Gasteiger partial charge >= 0.3 is 0 Å². The van der Waals surface area contributed by atoms with Crippen molar-refractivity contribution in [3.05, 3.63) is 0 Å². The van der Waals surface area contributed by atoms with Crippen LogP contribution < -0.4 is 5.32 Å². The van der Waals surface area contributed by atoms with E-state index >= 15 is 0 Å². The molecule has 0 saturated carbocycles. The van der Waals surface area contributed by atoms with Crippen molar-refractivity contribution in [2.24, 2.45) is 0 Å². The monoisotopic (exact) mass is 299 g/mol. The number of piperazine rings is 1. The Hall–Kier alpha value is -0.160. The van der Waals surface area contributed by atoms with E-state index in [0.717, 1.165) is 13.0 Å². The topological polar surface area (TPSA) is 38.7 Å². The maximum Gasteiger partial charge on any atom is 0.0610 e. The Kier molecular flexibility index (Phi) is 7.62. The number of unbranched alkanes of at least 4 members (excludes halogenated alkanes) is 1. The second-order valence-corrected chi connectivity index (χ2v) is 7.71. The first kappa shape index (κ1) is 18.9. The van der Waals surface area contributed by atoms with Gasteiger partial charge in [-0.3, -0.25) is 4.90 Å². The van der Waals surface area contributed by atoms with Crippen LogP contribution in [0.15, 0.2) is 0 Å². The summed E-state index contributed by atoms with van der Waals surface area (Å²) in [5.41, 5.74) is 0.209. The van der Waals surface area contributed by atoms with Gasteiger partial charge in [0, 0.05) is 37.3 Å². The maximum absolute atomic E-state index is 9.49. The Bertz CT molecular complexity index is 282. The summed E-state index contributed by atoms with van der Waals surface area (Å²) in [6.45, 7) is 18.3. The fourth-order valence-electron chi connectivity index (χ4n) is 3.14. The number of aliphatic hydroxyl groups is 1. The van der Waals surface area contributed by atoms with Gasteiger partial charge in [0.25, 0.3) is 0 Å². The van der Waals surface area contributed by atoms with Crippen molar-refractivity contribution in [2.75, 3.05) is 45.9 Å². The summed E-state index contributed by atoms with van der Waals surface area (Å²) in [6.07, 6.45) is 3.47. The van der Waals surface area contributed by atoms with E-state index in [1.807, 2.05) is 0 Å². The SMILES string of the molecule is CCNC(C)(CO)CCCCN1CCN(C(C)(C)C)CC1. The average molecular weight is 300 g/mol. The van der Waals surface area contributed by atoms with Crippen LogP contribution in [-0.4, -0.2) is 71.9 Å². The second kappa shape index (κ2) is 8.47. The lowest BCUT2D eigenvalue weighted by molar-refractivity contribution is 0.0610. The van der Waals surface area contributed by atoms with E-state index in [9.17, 15) is 5.11 Å². The molecule has 0 aliphatic carbocycles. The molecule has 4 heteroatoms. The van der Waals surface area contributed by atoms with Crippen LogP contribution in [0.4, 0.5) is 0 Å². The summed E-state index contributed by atoms with van der Waals surface area (Å²) in [7, 11) is 0. The van der Waals surface area contributed by atoms with Crippen LogP contribution in [0.1, 0.15) is 53.9 Å². The molecule has 0 spiro atoms. The zero-order valence-electron chi connectivity index (χ0n) is 14.9. The summed E-state index contributed by atoms with van der Waals surface area (Å²) in [4.78, 5) is 5.17. The number of likely N-dealkylation sites (N-methyl/N-ethyl adjacent to an activating group) is 1. The van der Waals surface area contributed by atoms with Crippen LogP contribution in [0.2, 0.25) is 0 Å². The molecule has 1 heterocycles. The van der Waals surface area contributed by atoms with Gasteiger partial charge in [0.15, 0.2) is 0 Å².